The minimum Gasteiger partial charge on any atom is -0.219 e. The van der Waals surface area contributed by atoms with Crippen molar-refractivity contribution >= 4 is 5.65 Å². The molecule has 0 fully saturated rings. The van der Waals surface area contributed by atoms with Gasteiger partial charge in [-0.1, -0.05) is 13.8 Å². The maximum Gasteiger partial charge on any atom is 0.162 e. The van der Waals surface area contributed by atoms with Gasteiger partial charge in [-0.05, 0) is 19.8 Å². The van der Waals surface area contributed by atoms with E-state index in [1.54, 1.807) is 4.52 Å². The van der Waals surface area contributed by atoms with Gasteiger partial charge in [-0.25, -0.2) is 14.5 Å². The zero-order valence-corrected chi connectivity index (χ0v) is 8.94. The van der Waals surface area contributed by atoms with Crippen molar-refractivity contribution in [1.82, 2.24) is 19.6 Å². The lowest BCUT2D eigenvalue weighted by Gasteiger charge is -2.03. The zero-order valence-electron chi connectivity index (χ0n) is 8.94. The van der Waals surface area contributed by atoms with Gasteiger partial charge in [0.2, 0.25) is 0 Å². The Bertz CT molecular complexity index is 470. The summed E-state index contributed by atoms with van der Waals surface area (Å²) < 4.78 is 1.79. The molecule has 0 amide bonds. The fourth-order valence-electron chi connectivity index (χ4n) is 1.57. The van der Waals surface area contributed by atoms with E-state index in [2.05, 4.69) is 28.9 Å². The number of rotatable bonds is 1. The lowest BCUT2D eigenvalue weighted by atomic mass is 10.1. The second kappa shape index (κ2) is 3.04. The molecular weight excluding hydrogens is 176 g/mol. The Morgan fingerprint density at radius 1 is 1.21 bits per heavy atom. The SMILES string of the molecule is Cc1nc(C)n2ncc(C(C)C)c2n1. The van der Waals surface area contributed by atoms with Crippen LogP contribution < -0.4 is 0 Å². The Hall–Kier alpha value is -1.45. The third-order valence-electron chi connectivity index (χ3n) is 2.29. The van der Waals surface area contributed by atoms with Crippen molar-refractivity contribution in [2.24, 2.45) is 0 Å². The van der Waals surface area contributed by atoms with Gasteiger partial charge in [-0.15, -0.1) is 0 Å². The number of nitrogens with zero attached hydrogens (tertiary/aromatic N) is 4. The summed E-state index contributed by atoms with van der Waals surface area (Å²) in [5.74, 6) is 2.14. The van der Waals surface area contributed by atoms with E-state index in [0.717, 1.165) is 17.3 Å². The summed E-state index contributed by atoms with van der Waals surface area (Å²) in [4.78, 5) is 8.67. The predicted octanol–water partition coefficient (Wildman–Crippen LogP) is 1.86. The van der Waals surface area contributed by atoms with Gasteiger partial charge in [0.05, 0.1) is 6.20 Å². The number of hydrogen-bond donors (Lipinski definition) is 0. The molecule has 0 radical (unpaired) electrons. The van der Waals surface area contributed by atoms with Crippen LogP contribution in [0.15, 0.2) is 6.20 Å². The molecule has 0 saturated carbocycles. The summed E-state index contributed by atoms with van der Waals surface area (Å²) in [6.07, 6.45) is 1.88. The van der Waals surface area contributed by atoms with Gasteiger partial charge in [0.1, 0.15) is 11.6 Å². The first kappa shape index (κ1) is 9.12. The van der Waals surface area contributed by atoms with Crippen LogP contribution in [-0.2, 0) is 0 Å². The first-order chi connectivity index (χ1) is 6.59. The summed E-state index contributed by atoms with van der Waals surface area (Å²) in [5.41, 5.74) is 2.11. The van der Waals surface area contributed by atoms with Crippen molar-refractivity contribution in [3.05, 3.63) is 23.4 Å². The van der Waals surface area contributed by atoms with Crippen molar-refractivity contribution in [1.29, 1.82) is 0 Å². The highest BCUT2D eigenvalue weighted by Crippen LogP contribution is 2.18. The van der Waals surface area contributed by atoms with Crippen LogP contribution in [0.4, 0.5) is 0 Å². The van der Waals surface area contributed by atoms with Crippen molar-refractivity contribution in [2.75, 3.05) is 0 Å². The molecule has 0 atom stereocenters. The Kier molecular flexibility index (Phi) is 1.98. The molecule has 0 aliphatic carbocycles. The average Bonchev–Trinajstić information content (AvgIpc) is 2.47. The largest absolute Gasteiger partial charge is 0.219 e. The van der Waals surface area contributed by atoms with E-state index in [1.165, 1.54) is 5.56 Å². The topological polar surface area (TPSA) is 43.1 Å². The first-order valence-electron chi connectivity index (χ1n) is 4.78. The van der Waals surface area contributed by atoms with Gasteiger partial charge in [0, 0.05) is 5.56 Å². The molecule has 2 aromatic rings. The van der Waals surface area contributed by atoms with Crippen LogP contribution in [0.2, 0.25) is 0 Å². The summed E-state index contributed by atoms with van der Waals surface area (Å²) in [5, 5.41) is 4.27. The van der Waals surface area contributed by atoms with Crippen molar-refractivity contribution in [3.8, 4) is 0 Å². The molecule has 0 bridgehead atoms. The normalized spacial score (nSPS) is 11.5. The predicted molar refractivity (Wildman–Crippen MR) is 54.3 cm³/mol. The quantitative estimate of drug-likeness (QED) is 0.689. The van der Waals surface area contributed by atoms with Crippen LogP contribution in [-0.4, -0.2) is 19.6 Å². The summed E-state index contributed by atoms with van der Waals surface area (Å²) in [6, 6.07) is 0. The zero-order chi connectivity index (χ0) is 10.3. The summed E-state index contributed by atoms with van der Waals surface area (Å²) >= 11 is 0. The average molecular weight is 190 g/mol. The third-order valence-corrected chi connectivity index (χ3v) is 2.29. The van der Waals surface area contributed by atoms with Gasteiger partial charge >= 0.3 is 0 Å². The molecule has 2 rings (SSSR count). The van der Waals surface area contributed by atoms with Crippen LogP contribution >= 0.6 is 0 Å². The van der Waals surface area contributed by atoms with E-state index in [4.69, 9.17) is 0 Å². The van der Waals surface area contributed by atoms with Gasteiger partial charge in [0.25, 0.3) is 0 Å². The molecule has 0 N–H and O–H groups in total. The van der Waals surface area contributed by atoms with Crippen molar-refractivity contribution in [2.45, 2.75) is 33.6 Å². The monoisotopic (exact) mass is 190 g/mol. The van der Waals surface area contributed by atoms with Gasteiger partial charge in [0.15, 0.2) is 5.65 Å². The van der Waals surface area contributed by atoms with Crippen LogP contribution in [0.5, 0.6) is 0 Å². The highest BCUT2D eigenvalue weighted by molar-refractivity contribution is 5.48. The van der Waals surface area contributed by atoms with Crippen LogP contribution in [0.1, 0.15) is 37.0 Å². The maximum absolute atomic E-state index is 4.41. The molecule has 2 heterocycles. The second-order valence-electron chi connectivity index (χ2n) is 3.81. The molecule has 4 heteroatoms. The standard InChI is InChI=1S/C10H14N4/c1-6(2)9-5-11-14-8(4)12-7(3)13-10(9)14/h5-6H,1-4H3. The second-order valence-corrected chi connectivity index (χ2v) is 3.81. The van der Waals surface area contributed by atoms with Gasteiger partial charge in [-0.2, -0.15) is 5.10 Å². The van der Waals surface area contributed by atoms with E-state index in [0.29, 0.717) is 5.92 Å². The lowest BCUT2D eigenvalue weighted by molar-refractivity contribution is 0.814. The fourth-order valence-corrected chi connectivity index (χ4v) is 1.57. The lowest BCUT2D eigenvalue weighted by Crippen LogP contribution is -2.02. The molecule has 0 aliphatic heterocycles. The molecule has 0 unspecified atom stereocenters. The Balaban J connectivity index is 2.78. The van der Waals surface area contributed by atoms with Crippen LogP contribution in [0, 0.1) is 13.8 Å². The highest BCUT2D eigenvalue weighted by atomic mass is 15.3. The number of hydrogen-bond acceptors (Lipinski definition) is 3. The molecule has 4 nitrogen and oxygen atoms in total. The minimum atomic E-state index is 0.446. The summed E-state index contributed by atoms with van der Waals surface area (Å²) in [6.45, 7) is 8.14. The number of fused-ring (bicyclic) bond motifs is 1. The molecule has 0 saturated heterocycles. The molecule has 2 aromatic heterocycles. The molecule has 0 spiro atoms. The van der Waals surface area contributed by atoms with Crippen LogP contribution in [0.3, 0.4) is 0 Å². The minimum absolute atomic E-state index is 0.446. The Morgan fingerprint density at radius 3 is 2.57 bits per heavy atom. The number of aryl methyl sites for hydroxylation is 2. The van der Waals surface area contributed by atoms with Gasteiger partial charge < -0.3 is 0 Å². The first-order valence-corrected chi connectivity index (χ1v) is 4.78. The van der Waals surface area contributed by atoms with Crippen LogP contribution in [0.25, 0.3) is 5.65 Å². The molecule has 0 aromatic carbocycles. The van der Waals surface area contributed by atoms with Crippen molar-refractivity contribution in [3.63, 3.8) is 0 Å². The Labute approximate surface area is 83.0 Å². The summed E-state index contributed by atoms with van der Waals surface area (Å²) in [7, 11) is 0. The van der Waals surface area contributed by atoms with Crippen molar-refractivity contribution < 1.29 is 0 Å². The van der Waals surface area contributed by atoms with Gasteiger partial charge in [-0.3, -0.25) is 0 Å². The molecular formula is C10H14N4. The molecule has 0 aliphatic rings. The van der Waals surface area contributed by atoms with E-state index in [-0.39, 0.29) is 0 Å². The molecule has 14 heavy (non-hydrogen) atoms. The molecule has 74 valence electrons. The van der Waals surface area contributed by atoms with E-state index in [9.17, 15) is 0 Å². The number of aromatic nitrogens is 4. The van der Waals surface area contributed by atoms with E-state index < -0.39 is 0 Å². The maximum atomic E-state index is 4.41. The fraction of sp³-hybridized carbons (Fsp3) is 0.500. The highest BCUT2D eigenvalue weighted by Gasteiger charge is 2.11. The third kappa shape index (κ3) is 1.27. The van der Waals surface area contributed by atoms with E-state index >= 15 is 0 Å². The Morgan fingerprint density at radius 2 is 1.93 bits per heavy atom. The smallest absolute Gasteiger partial charge is 0.162 e. The van der Waals surface area contributed by atoms with E-state index in [1.807, 2.05) is 20.0 Å².